The Kier molecular flexibility index (Phi) is 5.63. The Balaban J connectivity index is 1.47. The van der Waals surface area contributed by atoms with Gasteiger partial charge in [-0.1, -0.05) is 18.2 Å². The minimum atomic E-state index is -0.111. The van der Waals surface area contributed by atoms with E-state index in [2.05, 4.69) is 15.4 Å². The van der Waals surface area contributed by atoms with Crippen molar-refractivity contribution in [2.45, 2.75) is 20.3 Å². The molecule has 0 aliphatic heterocycles. The fourth-order valence-electron chi connectivity index (χ4n) is 3.25. The van der Waals surface area contributed by atoms with Crippen LogP contribution in [-0.4, -0.2) is 27.8 Å². The van der Waals surface area contributed by atoms with Gasteiger partial charge in [-0.15, -0.1) is 11.3 Å². The number of carbonyl (C=O) groups excluding carboxylic acids is 1. The van der Waals surface area contributed by atoms with E-state index < -0.39 is 0 Å². The predicted octanol–water partition coefficient (Wildman–Crippen LogP) is 4.80. The van der Waals surface area contributed by atoms with E-state index in [-0.39, 0.29) is 12.3 Å². The Hall–Kier alpha value is -3.45. The molecule has 0 radical (unpaired) electrons. The van der Waals surface area contributed by atoms with Gasteiger partial charge in [-0.25, -0.2) is 9.67 Å². The van der Waals surface area contributed by atoms with Crippen molar-refractivity contribution in [1.29, 1.82) is 0 Å². The maximum Gasteiger partial charge on any atom is 0.230 e. The van der Waals surface area contributed by atoms with Crippen molar-refractivity contribution in [1.82, 2.24) is 14.8 Å². The third-order valence-corrected chi connectivity index (χ3v) is 5.73. The molecule has 0 saturated heterocycles. The molecule has 4 rings (SSSR count). The second-order valence-corrected chi connectivity index (χ2v) is 7.75. The van der Waals surface area contributed by atoms with E-state index in [1.165, 1.54) is 11.3 Å². The SMILES string of the molecule is COc1ccc(-c2nc(CC(=O)Nc3c(C)nn(-c4ccccc4)c3C)cs2)cc1. The van der Waals surface area contributed by atoms with Gasteiger partial charge in [0.1, 0.15) is 10.8 Å². The van der Waals surface area contributed by atoms with Gasteiger partial charge in [0.25, 0.3) is 0 Å². The zero-order chi connectivity index (χ0) is 21.1. The van der Waals surface area contributed by atoms with Crippen LogP contribution in [-0.2, 0) is 11.2 Å². The number of methoxy groups -OCH3 is 1. The fraction of sp³-hybridized carbons (Fsp3) is 0.174. The highest BCUT2D eigenvalue weighted by Gasteiger charge is 2.16. The Labute approximate surface area is 179 Å². The molecular weight excluding hydrogens is 396 g/mol. The summed E-state index contributed by atoms with van der Waals surface area (Å²) in [6.45, 7) is 3.85. The van der Waals surface area contributed by atoms with Gasteiger partial charge in [-0.05, 0) is 50.2 Å². The van der Waals surface area contributed by atoms with E-state index in [1.807, 2.05) is 78.5 Å². The highest BCUT2D eigenvalue weighted by atomic mass is 32.1. The Morgan fingerprint density at radius 3 is 2.53 bits per heavy atom. The molecule has 0 bridgehead atoms. The van der Waals surface area contributed by atoms with E-state index in [4.69, 9.17) is 4.74 Å². The Morgan fingerprint density at radius 1 is 1.10 bits per heavy atom. The van der Waals surface area contributed by atoms with E-state index in [0.29, 0.717) is 0 Å². The summed E-state index contributed by atoms with van der Waals surface area (Å²) in [5.74, 6) is 0.692. The number of ether oxygens (including phenoxy) is 1. The van der Waals surface area contributed by atoms with Gasteiger partial charge in [-0.2, -0.15) is 5.10 Å². The molecule has 0 saturated carbocycles. The maximum absolute atomic E-state index is 12.7. The summed E-state index contributed by atoms with van der Waals surface area (Å²) in [5, 5.41) is 10.4. The number of aryl methyl sites for hydroxylation is 1. The van der Waals surface area contributed by atoms with Gasteiger partial charge in [0.15, 0.2) is 0 Å². The minimum absolute atomic E-state index is 0.111. The van der Waals surface area contributed by atoms with Crippen molar-refractivity contribution in [2.75, 3.05) is 12.4 Å². The second kappa shape index (κ2) is 8.51. The lowest BCUT2D eigenvalue weighted by atomic mass is 10.2. The van der Waals surface area contributed by atoms with E-state index >= 15 is 0 Å². The van der Waals surface area contributed by atoms with Gasteiger partial charge >= 0.3 is 0 Å². The van der Waals surface area contributed by atoms with Crippen molar-refractivity contribution < 1.29 is 9.53 Å². The van der Waals surface area contributed by atoms with E-state index in [9.17, 15) is 4.79 Å². The lowest BCUT2D eigenvalue weighted by Gasteiger charge is -2.06. The maximum atomic E-state index is 12.7. The van der Waals surface area contributed by atoms with Crippen molar-refractivity contribution in [2.24, 2.45) is 0 Å². The number of anilines is 1. The highest BCUT2D eigenvalue weighted by Crippen LogP contribution is 2.27. The molecule has 2 heterocycles. The largest absolute Gasteiger partial charge is 0.497 e. The van der Waals surface area contributed by atoms with Gasteiger partial charge in [0.2, 0.25) is 5.91 Å². The molecule has 6 nitrogen and oxygen atoms in total. The molecule has 0 unspecified atom stereocenters. The van der Waals surface area contributed by atoms with Crippen LogP contribution in [0.3, 0.4) is 0 Å². The minimum Gasteiger partial charge on any atom is -0.497 e. The third kappa shape index (κ3) is 4.11. The first-order chi connectivity index (χ1) is 14.5. The first kappa shape index (κ1) is 19.8. The number of hydrogen-bond acceptors (Lipinski definition) is 5. The standard InChI is InChI=1S/C23H22N4O2S/c1-15-22(16(2)27(26-15)19-7-5-4-6-8-19)25-21(28)13-18-14-30-23(24-18)17-9-11-20(29-3)12-10-17/h4-12,14H,13H2,1-3H3,(H,25,28). The van der Waals surface area contributed by atoms with Crippen molar-refractivity contribution in [3.8, 4) is 22.0 Å². The number of aromatic nitrogens is 3. The Bertz CT molecular complexity index is 1160. The normalized spacial score (nSPS) is 10.8. The quantitative estimate of drug-likeness (QED) is 0.488. The summed E-state index contributed by atoms with van der Waals surface area (Å²) in [6.07, 6.45) is 0.210. The number of carbonyl (C=O) groups is 1. The van der Waals surface area contributed by atoms with Gasteiger partial charge in [0.05, 0.1) is 42.0 Å². The van der Waals surface area contributed by atoms with Crippen LogP contribution in [0.5, 0.6) is 5.75 Å². The average molecular weight is 419 g/mol. The molecular formula is C23H22N4O2S. The second-order valence-electron chi connectivity index (χ2n) is 6.89. The molecule has 7 heteroatoms. The van der Waals surface area contributed by atoms with Gasteiger partial charge in [0, 0.05) is 10.9 Å². The number of para-hydroxylation sites is 1. The smallest absolute Gasteiger partial charge is 0.230 e. The number of hydrogen-bond donors (Lipinski definition) is 1. The average Bonchev–Trinajstić information content (AvgIpc) is 3.34. The molecule has 0 aliphatic rings. The van der Waals surface area contributed by atoms with Crippen LogP contribution in [0.25, 0.3) is 16.3 Å². The van der Waals surface area contributed by atoms with Crippen LogP contribution in [0.4, 0.5) is 5.69 Å². The van der Waals surface area contributed by atoms with Crippen LogP contribution in [0.1, 0.15) is 17.1 Å². The lowest BCUT2D eigenvalue weighted by molar-refractivity contribution is -0.115. The number of benzene rings is 2. The van der Waals surface area contributed by atoms with Gasteiger partial charge in [-0.3, -0.25) is 4.79 Å². The molecule has 0 spiro atoms. The number of thiazole rings is 1. The lowest BCUT2D eigenvalue weighted by Crippen LogP contribution is -2.15. The highest BCUT2D eigenvalue weighted by molar-refractivity contribution is 7.13. The molecule has 1 N–H and O–H groups in total. The fourth-order valence-corrected chi connectivity index (χ4v) is 4.07. The molecule has 152 valence electrons. The summed E-state index contributed by atoms with van der Waals surface area (Å²) in [4.78, 5) is 17.3. The van der Waals surface area contributed by atoms with Crippen molar-refractivity contribution in [3.05, 3.63) is 77.1 Å². The number of rotatable bonds is 6. The topological polar surface area (TPSA) is 69.0 Å². The zero-order valence-electron chi connectivity index (χ0n) is 17.0. The molecule has 0 fully saturated rings. The summed E-state index contributed by atoms with van der Waals surface area (Å²) in [7, 11) is 1.64. The van der Waals surface area contributed by atoms with Crippen LogP contribution in [0, 0.1) is 13.8 Å². The van der Waals surface area contributed by atoms with E-state index in [0.717, 1.165) is 44.8 Å². The first-order valence-corrected chi connectivity index (χ1v) is 10.4. The van der Waals surface area contributed by atoms with Crippen molar-refractivity contribution >= 4 is 22.9 Å². The monoisotopic (exact) mass is 418 g/mol. The number of nitrogens with zero attached hydrogens (tertiary/aromatic N) is 3. The molecule has 0 atom stereocenters. The predicted molar refractivity (Wildman–Crippen MR) is 119 cm³/mol. The summed E-state index contributed by atoms with van der Waals surface area (Å²) in [6, 6.07) is 17.6. The Morgan fingerprint density at radius 2 is 1.83 bits per heavy atom. The van der Waals surface area contributed by atoms with Crippen LogP contribution >= 0.6 is 11.3 Å². The van der Waals surface area contributed by atoms with Crippen LogP contribution < -0.4 is 10.1 Å². The molecule has 4 aromatic rings. The molecule has 0 aliphatic carbocycles. The molecule has 30 heavy (non-hydrogen) atoms. The van der Waals surface area contributed by atoms with Crippen molar-refractivity contribution in [3.63, 3.8) is 0 Å². The zero-order valence-corrected chi connectivity index (χ0v) is 17.9. The summed E-state index contributed by atoms with van der Waals surface area (Å²) in [5.41, 5.74) is 5.13. The molecule has 2 aromatic carbocycles. The molecule has 2 aromatic heterocycles. The number of amides is 1. The number of nitrogens with one attached hydrogen (secondary N) is 1. The summed E-state index contributed by atoms with van der Waals surface area (Å²) >= 11 is 1.52. The molecule has 1 amide bonds. The third-order valence-electron chi connectivity index (χ3n) is 4.79. The summed E-state index contributed by atoms with van der Waals surface area (Å²) < 4.78 is 7.03. The van der Waals surface area contributed by atoms with E-state index in [1.54, 1.807) is 7.11 Å². The first-order valence-electron chi connectivity index (χ1n) is 9.55. The van der Waals surface area contributed by atoms with Crippen LogP contribution in [0.15, 0.2) is 60.0 Å². The van der Waals surface area contributed by atoms with Crippen LogP contribution in [0.2, 0.25) is 0 Å². The van der Waals surface area contributed by atoms with Gasteiger partial charge < -0.3 is 10.1 Å².